The highest BCUT2D eigenvalue weighted by atomic mass is 16.2. The summed E-state index contributed by atoms with van der Waals surface area (Å²) in [4.78, 5) is 14.7. The molecule has 6 heteroatoms. The third kappa shape index (κ3) is 3.77. The predicted molar refractivity (Wildman–Crippen MR) is 109 cm³/mol. The fraction of sp³-hybridized carbons (Fsp3) is 0.591. The molecule has 2 amide bonds. The van der Waals surface area contributed by atoms with Crippen molar-refractivity contribution in [2.75, 3.05) is 19.6 Å². The van der Waals surface area contributed by atoms with Gasteiger partial charge in [-0.05, 0) is 30.2 Å². The summed E-state index contributed by atoms with van der Waals surface area (Å²) in [6.45, 7) is 5.17. The minimum absolute atomic E-state index is 0.0726. The van der Waals surface area contributed by atoms with Crippen LogP contribution in [0.15, 0.2) is 36.7 Å². The number of hydrogen-bond donors (Lipinski definition) is 1. The van der Waals surface area contributed by atoms with Gasteiger partial charge in [-0.3, -0.25) is 0 Å². The van der Waals surface area contributed by atoms with Crippen LogP contribution in [0.3, 0.4) is 0 Å². The Bertz CT molecular complexity index is 781. The number of urea groups is 1. The van der Waals surface area contributed by atoms with Gasteiger partial charge in [0.1, 0.15) is 12.2 Å². The van der Waals surface area contributed by atoms with Gasteiger partial charge in [0.25, 0.3) is 0 Å². The zero-order valence-electron chi connectivity index (χ0n) is 16.8. The van der Waals surface area contributed by atoms with Crippen molar-refractivity contribution in [3.8, 4) is 0 Å². The number of nitrogens with zero attached hydrogens (tertiary/aromatic N) is 4. The maximum atomic E-state index is 12.7. The Morgan fingerprint density at radius 3 is 2.75 bits per heavy atom. The Balaban J connectivity index is 1.59. The van der Waals surface area contributed by atoms with Crippen molar-refractivity contribution >= 4 is 6.03 Å². The molecule has 28 heavy (non-hydrogen) atoms. The molecule has 1 aliphatic heterocycles. The van der Waals surface area contributed by atoms with Gasteiger partial charge in [0.2, 0.25) is 0 Å². The number of carbonyl (C=O) groups excluding carboxylic acids is 1. The van der Waals surface area contributed by atoms with Crippen LogP contribution in [0.5, 0.6) is 0 Å². The second-order valence-electron chi connectivity index (χ2n) is 8.39. The summed E-state index contributed by atoms with van der Waals surface area (Å²) in [7, 11) is 0. The lowest BCUT2D eigenvalue weighted by Gasteiger charge is -2.37. The molecule has 1 N–H and O–H groups in total. The van der Waals surface area contributed by atoms with Crippen LogP contribution < -0.4 is 5.32 Å². The van der Waals surface area contributed by atoms with E-state index in [2.05, 4.69) is 51.3 Å². The average molecular weight is 382 g/mol. The number of nitrogens with one attached hydrogen (secondary N) is 1. The SMILES string of the molecule is CCCNC(=O)N1CC(c2nncn2Cc2ccccc2)C2(CCCCC2)C1. The largest absolute Gasteiger partial charge is 0.338 e. The molecule has 4 rings (SSSR count). The minimum Gasteiger partial charge on any atom is -0.338 e. The van der Waals surface area contributed by atoms with Crippen LogP contribution in [0, 0.1) is 5.41 Å². The number of aromatic nitrogens is 3. The van der Waals surface area contributed by atoms with E-state index in [-0.39, 0.29) is 17.4 Å². The van der Waals surface area contributed by atoms with Crippen LogP contribution in [0.4, 0.5) is 4.79 Å². The molecule has 2 aromatic rings. The van der Waals surface area contributed by atoms with Crippen LogP contribution in [0.25, 0.3) is 0 Å². The molecule has 2 fully saturated rings. The molecule has 1 saturated heterocycles. The van der Waals surface area contributed by atoms with E-state index in [1.54, 1.807) is 0 Å². The highest BCUT2D eigenvalue weighted by Crippen LogP contribution is 2.51. The highest BCUT2D eigenvalue weighted by molar-refractivity contribution is 5.74. The number of likely N-dealkylation sites (tertiary alicyclic amines) is 1. The first-order valence-electron chi connectivity index (χ1n) is 10.7. The monoisotopic (exact) mass is 381 g/mol. The summed E-state index contributed by atoms with van der Waals surface area (Å²) in [5, 5.41) is 11.9. The molecular weight excluding hydrogens is 350 g/mol. The molecule has 2 aliphatic rings. The molecule has 6 nitrogen and oxygen atoms in total. The van der Waals surface area contributed by atoms with E-state index in [1.165, 1.54) is 37.7 Å². The molecule has 1 aliphatic carbocycles. The fourth-order valence-corrected chi connectivity index (χ4v) is 5.02. The minimum atomic E-state index is 0.0726. The number of hydrogen-bond acceptors (Lipinski definition) is 3. The van der Waals surface area contributed by atoms with Crippen molar-refractivity contribution in [1.29, 1.82) is 0 Å². The van der Waals surface area contributed by atoms with E-state index >= 15 is 0 Å². The van der Waals surface area contributed by atoms with Gasteiger partial charge in [-0.25, -0.2) is 4.79 Å². The van der Waals surface area contributed by atoms with E-state index in [0.29, 0.717) is 0 Å². The van der Waals surface area contributed by atoms with Crippen LogP contribution in [0.1, 0.15) is 62.8 Å². The number of amides is 2. The number of carbonyl (C=O) groups is 1. The maximum absolute atomic E-state index is 12.7. The molecule has 1 saturated carbocycles. The van der Waals surface area contributed by atoms with Gasteiger partial charge in [-0.1, -0.05) is 56.5 Å². The first-order valence-corrected chi connectivity index (χ1v) is 10.7. The lowest BCUT2D eigenvalue weighted by atomic mass is 9.67. The molecular formula is C22H31N5O. The molecule has 0 bridgehead atoms. The van der Waals surface area contributed by atoms with Crippen molar-refractivity contribution in [3.63, 3.8) is 0 Å². The van der Waals surface area contributed by atoms with Gasteiger partial charge < -0.3 is 14.8 Å². The molecule has 2 heterocycles. The van der Waals surface area contributed by atoms with E-state index in [9.17, 15) is 4.79 Å². The lowest BCUT2D eigenvalue weighted by Crippen LogP contribution is -2.40. The van der Waals surface area contributed by atoms with Crippen LogP contribution in [-0.2, 0) is 6.54 Å². The quantitative estimate of drug-likeness (QED) is 0.857. The van der Waals surface area contributed by atoms with Crippen molar-refractivity contribution in [2.45, 2.75) is 57.9 Å². The zero-order chi connectivity index (χ0) is 19.4. The molecule has 1 unspecified atom stereocenters. The Labute approximate surface area is 167 Å². The summed E-state index contributed by atoms with van der Waals surface area (Å²) in [6, 6.07) is 10.5. The second-order valence-corrected chi connectivity index (χ2v) is 8.39. The normalized spacial score (nSPS) is 21.2. The van der Waals surface area contributed by atoms with Crippen molar-refractivity contribution < 1.29 is 4.79 Å². The Morgan fingerprint density at radius 1 is 1.21 bits per heavy atom. The molecule has 1 aromatic carbocycles. The molecule has 1 aromatic heterocycles. The van der Waals surface area contributed by atoms with Crippen molar-refractivity contribution in [1.82, 2.24) is 25.0 Å². The summed E-state index contributed by atoms with van der Waals surface area (Å²) in [6.07, 6.45) is 8.94. The van der Waals surface area contributed by atoms with Gasteiger partial charge in [0, 0.05) is 25.6 Å². The third-order valence-electron chi connectivity index (χ3n) is 6.46. The van der Waals surface area contributed by atoms with E-state index in [4.69, 9.17) is 0 Å². The Morgan fingerprint density at radius 2 is 2.00 bits per heavy atom. The Kier molecular flexibility index (Phi) is 5.64. The smallest absolute Gasteiger partial charge is 0.317 e. The molecule has 1 atom stereocenters. The van der Waals surface area contributed by atoms with Gasteiger partial charge in [-0.15, -0.1) is 10.2 Å². The Hall–Kier alpha value is -2.37. The molecule has 150 valence electrons. The van der Waals surface area contributed by atoms with Crippen LogP contribution in [0.2, 0.25) is 0 Å². The summed E-state index contributed by atoms with van der Waals surface area (Å²) in [5.74, 6) is 1.29. The molecule has 1 spiro atoms. The van der Waals surface area contributed by atoms with Crippen LogP contribution in [-0.4, -0.2) is 45.3 Å². The summed E-state index contributed by atoms with van der Waals surface area (Å²) >= 11 is 0. The third-order valence-corrected chi connectivity index (χ3v) is 6.46. The van der Waals surface area contributed by atoms with Crippen LogP contribution >= 0.6 is 0 Å². The summed E-state index contributed by atoms with van der Waals surface area (Å²) in [5.41, 5.74) is 1.39. The zero-order valence-corrected chi connectivity index (χ0v) is 16.8. The lowest BCUT2D eigenvalue weighted by molar-refractivity contribution is 0.164. The van der Waals surface area contributed by atoms with Crippen molar-refractivity contribution in [3.05, 3.63) is 48.0 Å². The van der Waals surface area contributed by atoms with Gasteiger partial charge in [0.15, 0.2) is 0 Å². The number of benzene rings is 1. The first-order chi connectivity index (χ1) is 13.7. The van der Waals surface area contributed by atoms with E-state index < -0.39 is 0 Å². The first kappa shape index (κ1) is 19.0. The number of rotatable bonds is 5. The van der Waals surface area contributed by atoms with E-state index in [1.807, 2.05) is 17.3 Å². The van der Waals surface area contributed by atoms with E-state index in [0.717, 1.165) is 38.4 Å². The summed E-state index contributed by atoms with van der Waals surface area (Å²) < 4.78 is 2.18. The van der Waals surface area contributed by atoms with Gasteiger partial charge >= 0.3 is 6.03 Å². The fourth-order valence-electron chi connectivity index (χ4n) is 5.02. The second kappa shape index (κ2) is 8.33. The highest BCUT2D eigenvalue weighted by Gasteiger charge is 2.50. The van der Waals surface area contributed by atoms with Gasteiger partial charge in [-0.2, -0.15) is 0 Å². The van der Waals surface area contributed by atoms with Gasteiger partial charge in [0.05, 0.1) is 6.54 Å². The standard InChI is InChI=1S/C22H31N5O/c1-2-13-23-21(28)26-15-19(22(16-26)11-7-4-8-12-22)20-25-24-17-27(20)14-18-9-5-3-6-10-18/h3,5-6,9-10,17,19H,2,4,7-8,11-16H2,1H3,(H,23,28). The predicted octanol–water partition coefficient (Wildman–Crippen LogP) is 3.80. The average Bonchev–Trinajstić information content (AvgIpc) is 3.32. The maximum Gasteiger partial charge on any atom is 0.317 e. The van der Waals surface area contributed by atoms with Crippen molar-refractivity contribution in [2.24, 2.45) is 5.41 Å². The molecule has 0 radical (unpaired) electrons. The topological polar surface area (TPSA) is 63.1 Å².